The van der Waals surface area contributed by atoms with Crippen molar-refractivity contribution < 1.29 is 14.6 Å². The maximum atomic E-state index is 12.6. The molecule has 1 saturated carbocycles. The zero-order valence-corrected chi connectivity index (χ0v) is 10.8. The van der Waals surface area contributed by atoms with Gasteiger partial charge in [0.25, 0.3) is 0 Å². The largest absolute Gasteiger partial charge is 0.394 e. The fraction of sp³-hybridized carbons (Fsp3) is 0.846. The molecule has 0 aromatic rings. The van der Waals surface area contributed by atoms with Gasteiger partial charge in [-0.25, -0.2) is 0 Å². The summed E-state index contributed by atoms with van der Waals surface area (Å²) < 4.78 is 5.42. The van der Waals surface area contributed by atoms with E-state index in [2.05, 4.69) is 6.07 Å². The molecule has 2 atom stereocenters. The highest BCUT2D eigenvalue weighted by atomic mass is 16.5. The van der Waals surface area contributed by atoms with Crippen molar-refractivity contribution >= 4 is 5.91 Å². The Balaban J connectivity index is 2.14. The smallest absolute Gasteiger partial charge is 0.243 e. The van der Waals surface area contributed by atoms with Crippen LogP contribution in [-0.2, 0) is 9.53 Å². The van der Waals surface area contributed by atoms with E-state index >= 15 is 0 Å². The molecule has 0 bridgehead atoms. The third kappa shape index (κ3) is 2.23. The normalized spacial score (nSPS) is 31.1. The molecular weight excluding hydrogens is 232 g/mol. The molecule has 2 aliphatic rings. The van der Waals surface area contributed by atoms with Crippen LogP contribution in [-0.4, -0.2) is 47.8 Å². The number of aliphatic hydroxyl groups is 1. The fourth-order valence-corrected chi connectivity index (χ4v) is 2.84. The number of carbonyl (C=O) groups is 1. The molecule has 1 saturated heterocycles. The molecule has 2 fully saturated rings. The first kappa shape index (κ1) is 13.3. The molecule has 0 aromatic heterocycles. The molecule has 2 unspecified atom stereocenters. The van der Waals surface area contributed by atoms with Crippen molar-refractivity contribution in [2.75, 3.05) is 19.8 Å². The second kappa shape index (κ2) is 5.25. The second-order valence-electron chi connectivity index (χ2n) is 5.35. The lowest BCUT2D eigenvalue weighted by atomic mass is 9.85. The highest BCUT2D eigenvalue weighted by Crippen LogP contribution is 2.39. The standard InChI is InChI=1S/C13H20N2O3/c1-10-8-18-11(7-16)6-15(10)12(17)13(9-14)4-2-3-5-13/h10-11,16H,2-8H2,1H3. The number of carbonyl (C=O) groups excluding carboxylic acids is 1. The Kier molecular flexibility index (Phi) is 3.88. The van der Waals surface area contributed by atoms with Gasteiger partial charge in [0.1, 0.15) is 5.41 Å². The van der Waals surface area contributed by atoms with Crippen LogP contribution in [0.1, 0.15) is 32.6 Å². The maximum absolute atomic E-state index is 12.6. The predicted octanol–water partition coefficient (Wildman–Crippen LogP) is 0.679. The van der Waals surface area contributed by atoms with Gasteiger partial charge >= 0.3 is 0 Å². The minimum atomic E-state index is -0.828. The zero-order chi connectivity index (χ0) is 13.2. The van der Waals surface area contributed by atoms with E-state index in [1.807, 2.05) is 6.92 Å². The van der Waals surface area contributed by atoms with Gasteiger partial charge in [-0.05, 0) is 19.8 Å². The van der Waals surface area contributed by atoms with Crippen molar-refractivity contribution in [3.05, 3.63) is 0 Å². The summed E-state index contributed by atoms with van der Waals surface area (Å²) in [6.07, 6.45) is 2.90. The second-order valence-corrected chi connectivity index (χ2v) is 5.35. The van der Waals surface area contributed by atoms with E-state index < -0.39 is 5.41 Å². The number of hydrogen-bond acceptors (Lipinski definition) is 4. The summed E-state index contributed by atoms with van der Waals surface area (Å²) in [6.45, 7) is 2.65. The monoisotopic (exact) mass is 252 g/mol. The fourth-order valence-electron chi connectivity index (χ4n) is 2.84. The Morgan fingerprint density at radius 3 is 2.78 bits per heavy atom. The summed E-state index contributed by atoms with van der Waals surface area (Å²) >= 11 is 0. The molecular formula is C13H20N2O3. The van der Waals surface area contributed by atoms with Crippen LogP contribution in [0.3, 0.4) is 0 Å². The minimum absolute atomic E-state index is 0.0221. The molecule has 1 aliphatic heterocycles. The number of amides is 1. The van der Waals surface area contributed by atoms with Crippen LogP contribution in [0.25, 0.3) is 0 Å². The first-order valence-electron chi connectivity index (χ1n) is 6.58. The molecule has 1 N–H and O–H groups in total. The van der Waals surface area contributed by atoms with Crippen molar-refractivity contribution in [1.82, 2.24) is 4.90 Å². The third-order valence-electron chi connectivity index (χ3n) is 4.05. The summed E-state index contributed by atoms with van der Waals surface area (Å²) in [5.74, 6) is -0.0725. The molecule has 100 valence electrons. The topological polar surface area (TPSA) is 73.6 Å². The van der Waals surface area contributed by atoms with Gasteiger partial charge in [-0.1, -0.05) is 12.8 Å². The average Bonchev–Trinajstić information content (AvgIpc) is 2.88. The summed E-state index contributed by atoms with van der Waals surface area (Å²) in [4.78, 5) is 14.3. The van der Waals surface area contributed by atoms with Crippen molar-refractivity contribution in [2.24, 2.45) is 5.41 Å². The van der Waals surface area contributed by atoms with Gasteiger partial charge in [-0.3, -0.25) is 4.79 Å². The number of ether oxygens (including phenoxy) is 1. The SMILES string of the molecule is CC1COC(CO)CN1C(=O)C1(C#N)CCCC1. The lowest BCUT2D eigenvalue weighted by Crippen LogP contribution is -2.55. The van der Waals surface area contributed by atoms with Crippen molar-refractivity contribution in [1.29, 1.82) is 5.26 Å². The van der Waals surface area contributed by atoms with Gasteiger partial charge in [0, 0.05) is 6.54 Å². The van der Waals surface area contributed by atoms with Gasteiger partial charge in [0.15, 0.2) is 0 Å². The van der Waals surface area contributed by atoms with Crippen molar-refractivity contribution in [3.8, 4) is 6.07 Å². The summed E-state index contributed by atoms with van der Waals surface area (Å²) in [5.41, 5.74) is -0.828. The molecule has 18 heavy (non-hydrogen) atoms. The summed E-state index contributed by atoms with van der Waals surface area (Å²) in [6, 6.07) is 2.21. The number of nitrogens with zero attached hydrogens (tertiary/aromatic N) is 2. The zero-order valence-electron chi connectivity index (χ0n) is 10.8. The number of nitriles is 1. The highest BCUT2D eigenvalue weighted by Gasteiger charge is 2.46. The quantitative estimate of drug-likeness (QED) is 0.784. The van der Waals surface area contributed by atoms with Crippen LogP contribution < -0.4 is 0 Å². The molecule has 1 heterocycles. The van der Waals surface area contributed by atoms with Gasteiger partial charge < -0.3 is 14.7 Å². The summed E-state index contributed by atoms with van der Waals surface area (Å²) in [7, 11) is 0. The summed E-state index contributed by atoms with van der Waals surface area (Å²) in [5, 5.41) is 18.5. The molecule has 1 amide bonds. The molecule has 1 aliphatic carbocycles. The highest BCUT2D eigenvalue weighted by molar-refractivity contribution is 5.86. The van der Waals surface area contributed by atoms with Crippen LogP contribution >= 0.6 is 0 Å². The van der Waals surface area contributed by atoms with Crippen LogP contribution in [0.5, 0.6) is 0 Å². The van der Waals surface area contributed by atoms with Gasteiger partial charge in [-0.2, -0.15) is 5.26 Å². The van der Waals surface area contributed by atoms with E-state index in [1.54, 1.807) is 4.90 Å². The van der Waals surface area contributed by atoms with Gasteiger partial charge in [0.05, 0.1) is 31.4 Å². The Hall–Kier alpha value is -1.12. The Morgan fingerprint density at radius 2 is 2.22 bits per heavy atom. The van der Waals surface area contributed by atoms with Crippen LogP contribution in [0.2, 0.25) is 0 Å². The van der Waals surface area contributed by atoms with E-state index in [4.69, 9.17) is 9.84 Å². The van der Waals surface area contributed by atoms with E-state index in [1.165, 1.54) is 0 Å². The first-order chi connectivity index (χ1) is 8.63. The molecule has 2 rings (SSSR count). The van der Waals surface area contributed by atoms with Crippen molar-refractivity contribution in [2.45, 2.75) is 44.8 Å². The third-order valence-corrected chi connectivity index (χ3v) is 4.05. The first-order valence-corrected chi connectivity index (χ1v) is 6.58. The number of hydrogen-bond donors (Lipinski definition) is 1. The Bertz CT molecular complexity index is 358. The number of rotatable bonds is 2. The lowest BCUT2D eigenvalue weighted by molar-refractivity contribution is -0.153. The minimum Gasteiger partial charge on any atom is -0.394 e. The van der Waals surface area contributed by atoms with E-state index in [0.29, 0.717) is 26.0 Å². The lowest BCUT2D eigenvalue weighted by Gasteiger charge is -2.40. The van der Waals surface area contributed by atoms with Crippen LogP contribution in [0.4, 0.5) is 0 Å². The number of aliphatic hydroxyl groups excluding tert-OH is 1. The molecule has 0 spiro atoms. The number of morpholine rings is 1. The van der Waals surface area contributed by atoms with Gasteiger partial charge in [0.2, 0.25) is 5.91 Å². The molecule has 5 nitrogen and oxygen atoms in total. The molecule has 0 radical (unpaired) electrons. The van der Waals surface area contributed by atoms with E-state index in [9.17, 15) is 10.1 Å². The Morgan fingerprint density at radius 1 is 1.56 bits per heavy atom. The van der Waals surface area contributed by atoms with Gasteiger partial charge in [-0.15, -0.1) is 0 Å². The van der Waals surface area contributed by atoms with E-state index in [-0.39, 0.29) is 24.7 Å². The molecule has 5 heteroatoms. The van der Waals surface area contributed by atoms with Crippen LogP contribution in [0.15, 0.2) is 0 Å². The molecule has 0 aromatic carbocycles. The maximum Gasteiger partial charge on any atom is 0.243 e. The average molecular weight is 252 g/mol. The van der Waals surface area contributed by atoms with Crippen molar-refractivity contribution in [3.63, 3.8) is 0 Å². The van der Waals surface area contributed by atoms with E-state index in [0.717, 1.165) is 12.8 Å². The Labute approximate surface area is 107 Å². The van der Waals surface area contributed by atoms with Crippen LogP contribution in [0, 0.1) is 16.7 Å². The predicted molar refractivity (Wildman–Crippen MR) is 64.5 cm³/mol.